The lowest BCUT2D eigenvalue weighted by Gasteiger charge is -2.27. The molecule has 2 nitrogen and oxygen atoms in total. The number of hydrogen-bond acceptors (Lipinski definition) is 2. The van der Waals surface area contributed by atoms with E-state index in [2.05, 4.69) is 208 Å². The van der Waals surface area contributed by atoms with Crippen LogP contribution in [0, 0.1) is 0 Å². The molecular weight excluding hydrogens is 655 g/mol. The molecule has 0 radical (unpaired) electrons. The van der Waals surface area contributed by atoms with E-state index >= 15 is 0 Å². The van der Waals surface area contributed by atoms with Crippen LogP contribution in [-0.4, -0.2) is 0 Å². The molecular formula is C52H41NO. The Bertz CT molecular complexity index is 2700. The second-order valence-corrected chi connectivity index (χ2v) is 15.0. The topological polar surface area (TPSA) is 16.4 Å². The Morgan fingerprint density at radius 1 is 0.370 bits per heavy atom. The summed E-state index contributed by atoms with van der Waals surface area (Å²) in [7, 11) is 0. The molecule has 0 atom stereocenters. The van der Waals surface area contributed by atoms with E-state index in [1.54, 1.807) is 0 Å². The van der Waals surface area contributed by atoms with Crippen LogP contribution < -0.4 is 4.90 Å². The summed E-state index contributed by atoms with van der Waals surface area (Å²) in [6, 6.07) is 69.6. The highest BCUT2D eigenvalue weighted by molar-refractivity contribution is 6.12. The fourth-order valence-corrected chi connectivity index (χ4v) is 7.70. The Balaban J connectivity index is 1.11. The van der Waals surface area contributed by atoms with Gasteiger partial charge in [-0.3, -0.25) is 0 Å². The van der Waals surface area contributed by atoms with Gasteiger partial charge in [0.05, 0.1) is 0 Å². The maximum atomic E-state index is 6.22. The predicted molar refractivity (Wildman–Crippen MR) is 229 cm³/mol. The average molecular weight is 696 g/mol. The molecule has 0 aliphatic rings. The molecule has 8 aromatic carbocycles. The van der Waals surface area contributed by atoms with Gasteiger partial charge in [-0.15, -0.1) is 0 Å². The normalized spacial score (nSPS) is 11.6. The van der Waals surface area contributed by atoms with Crippen molar-refractivity contribution in [2.24, 2.45) is 0 Å². The van der Waals surface area contributed by atoms with E-state index < -0.39 is 0 Å². The molecule has 1 aromatic heterocycles. The fourth-order valence-electron chi connectivity index (χ4n) is 7.70. The van der Waals surface area contributed by atoms with Crippen molar-refractivity contribution >= 4 is 39.0 Å². The molecule has 260 valence electrons. The molecule has 0 bridgehead atoms. The number of rotatable bonds is 7. The highest BCUT2D eigenvalue weighted by Crippen LogP contribution is 2.42. The third-order valence-corrected chi connectivity index (χ3v) is 10.4. The first kappa shape index (κ1) is 33.2. The van der Waals surface area contributed by atoms with Crippen LogP contribution in [0.4, 0.5) is 17.1 Å². The summed E-state index contributed by atoms with van der Waals surface area (Å²) in [5.41, 5.74) is 16.1. The quantitative estimate of drug-likeness (QED) is 0.165. The van der Waals surface area contributed by atoms with Crippen molar-refractivity contribution in [3.05, 3.63) is 200 Å². The van der Waals surface area contributed by atoms with Gasteiger partial charge in [-0.2, -0.15) is 0 Å². The summed E-state index contributed by atoms with van der Waals surface area (Å²) in [4.78, 5) is 2.35. The summed E-state index contributed by atoms with van der Waals surface area (Å²) < 4.78 is 6.22. The first-order chi connectivity index (χ1) is 26.4. The van der Waals surface area contributed by atoms with Gasteiger partial charge < -0.3 is 9.32 Å². The second kappa shape index (κ2) is 13.7. The van der Waals surface area contributed by atoms with Crippen LogP contribution in [0.3, 0.4) is 0 Å². The van der Waals surface area contributed by atoms with Crippen molar-refractivity contribution in [1.82, 2.24) is 0 Å². The van der Waals surface area contributed by atoms with Crippen LogP contribution in [0.1, 0.15) is 26.3 Å². The number of fused-ring (bicyclic) bond motifs is 3. The Labute approximate surface area is 317 Å². The monoisotopic (exact) mass is 695 g/mol. The molecule has 1 heterocycles. The molecule has 0 fully saturated rings. The minimum Gasteiger partial charge on any atom is -0.456 e. The molecule has 0 saturated heterocycles. The Hall–Kier alpha value is -6.64. The molecule has 9 rings (SSSR count). The molecule has 0 saturated carbocycles. The Kier molecular flexibility index (Phi) is 8.44. The Morgan fingerprint density at radius 2 is 0.833 bits per heavy atom. The summed E-state index contributed by atoms with van der Waals surface area (Å²) in [5, 5.41) is 2.29. The van der Waals surface area contributed by atoms with Crippen LogP contribution in [0.2, 0.25) is 0 Å². The molecule has 0 amide bonds. The third kappa shape index (κ3) is 6.27. The number of anilines is 3. The van der Waals surface area contributed by atoms with Crippen LogP contribution in [0.5, 0.6) is 0 Å². The molecule has 2 heteroatoms. The minimum atomic E-state index is -0.0276. The maximum absolute atomic E-state index is 6.22. The predicted octanol–water partition coefficient (Wildman–Crippen LogP) is 15.0. The molecule has 0 unspecified atom stereocenters. The number of benzene rings is 8. The van der Waals surface area contributed by atoms with E-state index in [1.807, 2.05) is 12.1 Å². The van der Waals surface area contributed by atoms with Gasteiger partial charge in [-0.1, -0.05) is 166 Å². The molecule has 0 aliphatic carbocycles. The molecule has 0 N–H and O–H groups in total. The van der Waals surface area contributed by atoms with Crippen LogP contribution >= 0.6 is 0 Å². The van der Waals surface area contributed by atoms with Crippen molar-refractivity contribution in [2.45, 2.75) is 26.2 Å². The lowest BCUT2D eigenvalue weighted by atomic mass is 9.80. The molecule has 54 heavy (non-hydrogen) atoms. The summed E-state index contributed by atoms with van der Waals surface area (Å²) in [6.45, 7) is 6.90. The minimum absolute atomic E-state index is 0.0276. The number of nitrogens with zero attached hydrogens (tertiary/aromatic N) is 1. The zero-order valence-electron chi connectivity index (χ0n) is 30.8. The molecule has 0 aliphatic heterocycles. The summed E-state index contributed by atoms with van der Waals surface area (Å²) in [5.74, 6) is 0. The second-order valence-electron chi connectivity index (χ2n) is 15.0. The van der Waals surface area contributed by atoms with E-state index in [4.69, 9.17) is 4.42 Å². The highest BCUT2D eigenvalue weighted by atomic mass is 16.3. The smallest absolute Gasteiger partial charge is 0.136 e. The van der Waals surface area contributed by atoms with Gasteiger partial charge in [0.2, 0.25) is 0 Å². The van der Waals surface area contributed by atoms with E-state index in [0.29, 0.717) is 0 Å². The van der Waals surface area contributed by atoms with E-state index in [-0.39, 0.29) is 5.41 Å². The van der Waals surface area contributed by atoms with Crippen molar-refractivity contribution in [3.63, 3.8) is 0 Å². The van der Waals surface area contributed by atoms with Gasteiger partial charge in [0, 0.05) is 27.8 Å². The van der Waals surface area contributed by atoms with E-state index in [1.165, 1.54) is 44.5 Å². The zero-order valence-corrected chi connectivity index (χ0v) is 30.8. The van der Waals surface area contributed by atoms with E-state index in [0.717, 1.165) is 44.6 Å². The highest BCUT2D eigenvalue weighted by Gasteiger charge is 2.21. The van der Waals surface area contributed by atoms with Gasteiger partial charge >= 0.3 is 0 Å². The number of para-hydroxylation sites is 1. The van der Waals surface area contributed by atoms with E-state index in [9.17, 15) is 0 Å². The number of hydrogen-bond donors (Lipinski definition) is 0. The van der Waals surface area contributed by atoms with Gasteiger partial charge in [0.25, 0.3) is 0 Å². The van der Waals surface area contributed by atoms with Gasteiger partial charge in [-0.05, 0) is 104 Å². The van der Waals surface area contributed by atoms with Crippen molar-refractivity contribution < 1.29 is 4.42 Å². The number of furan rings is 1. The lowest BCUT2D eigenvalue weighted by Crippen LogP contribution is -2.13. The van der Waals surface area contributed by atoms with Crippen LogP contribution in [0.15, 0.2) is 199 Å². The van der Waals surface area contributed by atoms with Crippen LogP contribution in [0.25, 0.3) is 66.4 Å². The lowest BCUT2D eigenvalue weighted by molar-refractivity contribution is 0.592. The SMILES string of the molecule is CC(C)(C)c1cc(-c2ccccc2)ccc1-c1ccc(N(c2ccc(-c3ccccc3)cc2)c2ccc(-c3cccc4oc5ccccc5c34)cc2)cc1. The molecule has 0 spiro atoms. The summed E-state index contributed by atoms with van der Waals surface area (Å²) in [6.07, 6.45) is 0. The van der Waals surface area contributed by atoms with Crippen molar-refractivity contribution in [1.29, 1.82) is 0 Å². The largest absolute Gasteiger partial charge is 0.456 e. The van der Waals surface area contributed by atoms with Crippen molar-refractivity contribution in [2.75, 3.05) is 4.90 Å². The molecule has 9 aromatic rings. The van der Waals surface area contributed by atoms with Crippen LogP contribution in [-0.2, 0) is 5.41 Å². The van der Waals surface area contributed by atoms with Gasteiger partial charge in [0.1, 0.15) is 11.2 Å². The van der Waals surface area contributed by atoms with Gasteiger partial charge in [0.15, 0.2) is 0 Å². The van der Waals surface area contributed by atoms with Gasteiger partial charge in [-0.25, -0.2) is 0 Å². The van der Waals surface area contributed by atoms with Crippen molar-refractivity contribution in [3.8, 4) is 44.5 Å². The fraction of sp³-hybridized carbons (Fsp3) is 0.0769. The third-order valence-electron chi connectivity index (χ3n) is 10.4. The summed E-state index contributed by atoms with van der Waals surface area (Å²) >= 11 is 0. The Morgan fingerprint density at radius 3 is 1.43 bits per heavy atom. The standard InChI is InChI=1S/C52H41NO/c1-52(2,3)48-35-41(37-15-8-5-9-16-37)27-34-45(48)39-23-30-43(31-24-39)53(42-28-21-38(22-29-42)36-13-6-4-7-14-36)44-32-25-40(26-33-44)46-18-12-20-50-51(46)47-17-10-11-19-49(47)54-50/h4-35H,1-3H3. The zero-order chi connectivity index (χ0) is 36.6. The first-order valence-electron chi connectivity index (χ1n) is 18.7. The first-order valence-corrected chi connectivity index (χ1v) is 18.7. The maximum Gasteiger partial charge on any atom is 0.136 e. The average Bonchev–Trinajstić information content (AvgIpc) is 3.61.